The van der Waals surface area contributed by atoms with Crippen LogP contribution in [0.5, 0.6) is 11.5 Å². The average molecular weight is 423 g/mol. The second-order valence-electron chi connectivity index (χ2n) is 4.86. The van der Waals surface area contributed by atoms with Crippen molar-refractivity contribution in [2.24, 2.45) is 0 Å². The van der Waals surface area contributed by atoms with Crippen LogP contribution in [0.4, 0.5) is 0 Å². The molecule has 0 aliphatic heterocycles. The monoisotopic (exact) mass is 421 g/mol. The Morgan fingerprint density at radius 1 is 1.36 bits per heavy atom. The highest BCUT2D eigenvalue weighted by Crippen LogP contribution is 2.36. The zero-order valence-corrected chi connectivity index (χ0v) is 15.5. The summed E-state index contributed by atoms with van der Waals surface area (Å²) in [6.45, 7) is -0.485. The van der Waals surface area contributed by atoms with Crippen molar-refractivity contribution in [3.05, 3.63) is 57.0 Å². The van der Waals surface area contributed by atoms with Gasteiger partial charge in [0.15, 0.2) is 18.1 Å². The fraction of sp³-hybridized carbons (Fsp3) is 0.111. The standard InChI is InChI=1S/C18H13BrClNO4/c1-24-16-7-11(14(19)8-17(16)25-10-18(22)23)6-12(9-21)13-4-2-3-5-15(13)20/h2-8H,10H2,1H3,(H,22,23). The summed E-state index contributed by atoms with van der Waals surface area (Å²) < 4.78 is 11.1. The summed E-state index contributed by atoms with van der Waals surface area (Å²) in [7, 11) is 1.45. The van der Waals surface area contributed by atoms with Crippen molar-refractivity contribution >= 4 is 45.1 Å². The van der Waals surface area contributed by atoms with Gasteiger partial charge in [0.05, 0.1) is 18.8 Å². The van der Waals surface area contributed by atoms with E-state index in [-0.39, 0.29) is 5.75 Å². The summed E-state index contributed by atoms with van der Waals surface area (Å²) in [6, 6.07) is 12.4. The first-order valence-electron chi connectivity index (χ1n) is 7.05. The van der Waals surface area contributed by atoms with Gasteiger partial charge >= 0.3 is 5.97 Å². The lowest BCUT2D eigenvalue weighted by molar-refractivity contribution is -0.139. The molecular formula is C18H13BrClNO4. The lowest BCUT2D eigenvalue weighted by Gasteiger charge is -2.12. The van der Waals surface area contributed by atoms with Gasteiger partial charge in [-0.25, -0.2) is 4.79 Å². The zero-order valence-electron chi connectivity index (χ0n) is 13.1. The molecule has 128 valence electrons. The number of hydrogen-bond acceptors (Lipinski definition) is 4. The van der Waals surface area contributed by atoms with Crippen LogP contribution in [-0.2, 0) is 4.79 Å². The highest BCUT2D eigenvalue weighted by molar-refractivity contribution is 9.10. The number of nitriles is 1. The maximum Gasteiger partial charge on any atom is 0.341 e. The molecule has 0 radical (unpaired) electrons. The smallest absolute Gasteiger partial charge is 0.341 e. The molecule has 0 saturated carbocycles. The Morgan fingerprint density at radius 3 is 2.68 bits per heavy atom. The molecule has 1 N–H and O–H groups in total. The van der Waals surface area contributed by atoms with Gasteiger partial charge in [-0.15, -0.1) is 0 Å². The van der Waals surface area contributed by atoms with Gasteiger partial charge in [-0.1, -0.05) is 45.7 Å². The van der Waals surface area contributed by atoms with Crippen molar-refractivity contribution in [3.63, 3.8) is 0 Å². The molecule has 2 rings (SSSR count). The minimum absolute atomic E-state index is 0.283. The van der Waals surface area contributed by atoms with Crippen LogP contribution in [0.15, 0.2) is 40.9 Å². The number of ether oxygens (including phenoxy) is 2. The molecule has 25 heavy (non-hydrogen) atoms. The van der Waals surface area contributed by atoms with Crippen molar-refractivity contribution in [2.45, 2.75) is 0 Å². The largest absolute Gasteiger partial charge is 0.493 e. The van der Waals surface area contributed by atoms with E-state index in [1.807, 2.05) is 0 Å². The van der Waals surface area contributed by atoms with Gasteiger partial charge in [-0.05, 0) is 29.8 Å². The van der Waals surface area contributed by atoms with E-state index >= 15 is 0 Å². The van der Waals surface area contributed by atoms with Crippen LogP contribution in [0, 0.1) is 11.3 Å². The first kappa shape index (κ1) is 18.8. The minimum atomic E-state index is -1.09. The molecule has 0 unspecified atom stereocenters. The summed E-state index contributed by atoms with van der Waals surface area (Å²) in [6.07, 6.45) is 1.66. The van der Waals surface area contributed by atoms with Crippen molar-refractivity contribution in [1.29, 1.82) is 5.26 Å². The maximum absolute atomic E-state index is 10.7. The number of methoxy groups -OCH3 is 1. The van der Waals surface area contributed by atoms with Gasteiger partial charge < -0.3 is 14.6 Å². The molecule has 0 saturated heterocycles. The van der Waals surface area contributed by atoms with Crippen molar-refractivity contribution in [2.75, 3.05) is 13.7 Å². The second-order valence-corrected chi connectivity index (χ2v) is 6.12. The van der Waals surface area contributed by atoms with E-state index in [0.717, 1.165) is 0 Å². The first-order valence-corrected chi connectivity index (χ1v) is 8.22. The summed E-state index contributed by atoms with van der Waals surface area (Å²) in [5, 5.41) is 18.7. The van der Waals surface area contributed by atoms with Gasteiger partial charge in [0.1, 0.15) is 0 Å². The second kappa shape index (κ2) is 8.56. The van der Waals surface area contributed by atoms with Gasteiger partial charge in [0.2, 0.25) is 0 Å². The number of allylic oxidation sites excluding steroid dienone is 1. The molecule has 0 atom stereocenters. The third-order valence-corrected chi connectivity index (χ3v) is 4.23. The summed E-state index contributed by atoms with van der Waals surface area (Å²) in [5.74, 6) is -0.454. The van der Waals surface area contributed by atoms with Crippen LogP contribution in [-0.4, -0.2) is 24.8 Å². The van der Waals surface area contributed by atoms with E-state index in [1.54, 1.807) is 42.5 Å². The molecule has 2 aromatic rings. The number of carbonyl (C=O) groups is 1. The molecule has 0 aromatic heterocycles. The Bertz CT molecular complexity index is 874. The Kier molecular flexibility index (Phi) is 6.45. The third kappa shape index (κ3) is 4.75. The minimum Gasteiger partial charge on any atom is -0.493 e. The number of nitrogens with zero attached hydrogens (tertiary/aromatic N) is 1. The molecule has 0 bridgehead atoms. The van der Waals surface area contributed by atoms with E-state index in [1.165, 1.54) is 7.11 Å². The summed E-state index contributed by atoms with van der Waals surface area (Å²) in [5.41, 5.74) is 1.66. The Morgan fingerprint density at radius 2 is 2.08 bits per heavy atom. The highest BCUT2D eigenvalue weighted by Gasteiger charge is 2.13. The van der Waals surface area contributed by atoms with E-state index < -0.39 is 12.6 Å². The molecule has 0 aliphatic carbocycles. The van der Waals surface area contributed by atoms with Crippen molar-refractivity contribution in [1.82, 2.24) is 0 Å². The predicted molar refractivity (Wildman–Crippen MR) is 98.8 cm³/mol. The summed E-state index contributed by atoms with van der Waals surface area (Å²) >= 11 is 9.55. The van der Waals surface area contributed by atoms with Gasteiger partial charge in [-0.2, -0.15) is 5.26 Å². The number of benzene rings is 2. The van der Waals surface area contributed by atoms with Crippen LogP contribution in [0.2, 0.25) is 5.02 Å². The Hall–Kier alpha value is -2.49. The predicted octanol–water partition coefficient (Wildman–Crippen LogP) is 4.64. The average Bonchev–Trinajstić information content (AvgIpc) is 2.59. The summed E-state index contributed by atoms with van der Waals surface area (Å²) in [4.78, 5) is 10.7. The maximum atomic E-state index is 10.7. The molecule has 0 spiro atoms. The van der Waals surface area contributed by atoms with E-state index in [4.69, 9.17) is 26.2 Å². The van der Waals surface area contributed by atoms with Gasteiger partial charge in [0, 0.05) is 15.1 Å². The van der Waals surface area contributed by atoms with Gasteiger partial charge in [0.25, 0.3) is 0 Å². The zero-order chi connectivity index (χ0) is 18.4. The number of hydrogen-bond donors (Lipinski definition) is 1. The molecule has 0 fully saturated rings. The SMILES string of the molecule is COc1cc(C=C(C#N)c2ccccc2Cl)c(Br)cc1OCC(=O)O. The normalized spacial score (nSPS) is 10.9. The van der Waals surface area contributed by atoms with E-state index in [9.17, 15) is 10.1 Å². The Labute approximate surface area is 158 Å². The van der Waals surface area contributed by atoms with Crippen LogP contribution in [0.1, 0.15) is 11.1 Å². The molecule has 5 nitrogen and oxygen atoms in total. The van der Waals surface area contributed by atoms with Crippen LogP contribution in [0.3, 0.4) is 0 Å². The van der Waals surface area contributed by atoms with Crippen LogP contribution >= 0.6 is 27.5 Å². The first-order chi connectivity index (χ1) is 12.0. The van der Waals surface area contributed by atoms with Crippen molar-refractivity contribution in [3.8, 4) is 17.6 Å². The molecular weight excluding hydrogens is 410 g/mol. The fourth-order valence-corrected chi connectivity index (χ4v) is 2.75. The Balaban J connectivity index is 2.46. The third-order valence-electron chi connectivity index (χ3n) is 3.22. The lowest BCUT2D eigenvalue weighted by Crippen LogP contribution is -2.10. The number of halogens is 2. The number of carboxylic acid groups (broad SMARTS) is 1. The van der Waals surface area contributed by atoms with E-state index in [2.05, 4.69) is 22.0 Å². The van der Waals surface area contributed by atoms with Crippen molar-refractivity contribution < 1.29 is 19.4 Å². The molecule has 0 amide bonds. The lowest BCUT2D eigenvalue weighted by atomic mass is 10.0. The number of carboxylic acids is 1. The molecule has 2 aromatic carbocycles. The highest BCUT2D eigenvalue weighted by atomic mass is 79.9. The van der Waals surface area contributed by atoms with Crippen LogP contribution < -0.4 is 9.47 Å². The van der Waals surface area contributed by atoms with Gasteiger partial charge in [-0.3, -0.25) is 0 Å². The number of rotatable bonds is 6. The van der Waals surface area contributed by atoms with E-state index in [0.29, 0.717) is 31.9 Å². The fourth-order valence-electron chi connectivity index (χ4n) is 2.08. The molecule has 0 heterocycles. The van der Waals surface area contributed by atoms with Crippen LogP contribution in [0.25, 0.3) is 11.6 Å². The molecule has 7 heteroatoms. The molecule has 0 aliphatic rings. The topological polar surface area (TPSA) is 79.5 Å². The number of aliphatic carboxylic acids is 1. The quantitative estimate of drug-likeness (QED) is 0.542.